The summed E-state index contributed by atoms with van der Waals surface area (Å²) in [5.74, 6) is 0.919. The summed E-state index contributed by atoms with van der Waals surface area (Å²) in [6, 6.07) is 4.55. The van der Waals surface area contributed by atoms with E-state index in [-0.39, 0.29) is 0 Å². The van der Waals surface area contributed by atoms with Gasteiger partial charge in [-0.1, -0.05) is 0 Å². The van der Waals surface area contributed by atoms with Crippen molar-refractivity contribution >= 4 is 11.3 Å². The first-order chi connectivity index (χ1) is 6.84. The van der Waals surface area contributed by atoms with Gasteiger partial charge in [0.2, 0.25) is 0 Å². The van der Waals surface area contributed by atoms with E-state index < -0.39 is 0 Å². The van der Waals surface area contributed by atoms with Crippen LogP contribution in [0.5, 0.6) is 0 Å². The summed E-state index contributed by atoms with van der Waals surface area (Å²) < 4.78 is 0. The van der Waals surface area contributed by atoms with Crippen molar-refractivity contribution in [2.45, 2.75) is 32.6 Å². The maximum absolute atomic E-state index is 3.47. The third-order valence-electron chi connectivity index (χ3n) is 2.98. The third kappa shape index (κ3) is 2.82. The molecule has 1 unspecified atom stereocenters. The van der Waals surface area contributed by atoms with Gasteiger partial charge in [-0.15, -0.1) is 11.3 Å². The van der Waals surface area contributed by atoms with Gasteiger partial charge in [-0.05, 0) is 63.7 Å². The molecular weight excluding hydrogens is 190 g/mol. The van der Waals surface area contributed by atoms with Gasteiger partial charge in [0.1, 0.15) is 0 Å². The maximum atomic E-state index is 3.47. The molecule has 78 valence electrons. The van der Waals surface area contributed by atoms with E-state index in [1.165, 1.54) is 43.6 Å². The maximum Gasteiger partial charge on any atom is 0.00508 e. The van der Waals surface area contributed by atoms with Gasteiger partial charge in [0, 0.05) is 9.75 Å². The van der Waals surface area contributed by atoms with Gasteiger partial charge in [-0.2, -0.15) is 0 Å². The SMILES string of the molecule is Cc1ccc(CC2CCCNCC2)s1. The average molecular weight is 209 g/mol. The largest absolute Gasteiger partial charge is 0.317 e. The Kier molecular flexibility index (Phi) is 3.60. The molecule has 1 nitrogen and oxygen atoms in total. The van der Waals surface area contributed by atoms with Crippen molar-refractivity contribution in [1.29, 1.82) is 0 Å². The minimum atomic E-state index is 0.919. The van der Waals surface area contributed by atoms with Crippen molar-refractivity contribution in [2.24, 2.45) is 5.92 Å². The molecule has 1 aliphatic heterocycles. The van der Waals surface area contributed by atoms with E-state index in [1.54, 1.807) is 4.88 Å². The second-order valence-corrected chi connectivity index (χ2v) is 5.64. The van der Waals surface area contributed by atoms with E-state index in [4.69, 9.17) is 0 Å². The van der Waals surface area contributed by atoms with E-state index in [2.05, 4.69) is 24.4 Å². The van der Waals surface area contributed by atoms with E-state index in [1.807, 2.05) is 11.3 Å². The summed E-state index contributed by atoms with van der Waals surface area (Å²) >= 11 is 1.97. The molecule has 1 fully saturated rings. The number of nitrogens with one attached hydrogen (secondary N) is 1. The molecule has 1 saturated heterocycles. The van der Waals surface area contributed by atoms with Gasteiger partial charge in [0.25, 0.3) is 0 Å². The minimum absolute atomic E-state index is 0.919. The number of rotatable bonds is 2. The van der Waals surface area contributed by atoms with E-state index >= 15 is 0 Å². The van der Waals surface area contributed by atoms with Gasteiger partial charge in [-0.25, -0.2) is 0 Å². The van der Waals surface area contributed by atoms with Crippen LogP contribution in [0.3, 0.4) is 0 Å². The zero-order valence-corrected chi connectivity index (χ0v) is 9.70. The molecule has 2 heteroatoms. The van der Waals surface area contributed by atoms with Crippen LogP contribution in [0.25, 0.3) is 0 Å². The van der Waals surface area contributed by atoms with Gasteiger partial charge in [-0.3, -0.25) is 0 Å². The van der Waals surface area contributed by atoms with E-state index in [0.717, 1.165) is 5.92 Å². The summed E-state index contributed by atoms with van der Waals surface area (Å²) in [4.78, 5) is 3.03. The Bertz CT molecular complexity index is 272. The lowest BCUT2D eigenvalue weighted by Gasteiger charge is -2.11. The highest BCUT2D eigenvalue weighted by atomic mass is 32.1. The highest BCUT2D eigenvalue weighted by molar-refractivity contribution is 7.11. The van der Waals surface area contributed by atoms with Crippen molar-refractivity contribution in [3.8, 4) is 0 Å². The lowest BCUT2D eigenvalue weighted by atomic mass is 9.96. The molecule has 0 saturated carbocycles. The first-order valence-electron chi connectivity index (χ1n) is 5.60. The monoisotopic (exact) mass is 209 g/mol. The van der Waals surface area contributed by atoms with Crippen molar-refractivity contribution in [1.82, 2.24) is 5.32 Å². The highest BCUT2D eigenvalue weighted by Gasteiger charge is 2.12. The molecule has 1 aromatic rings. The fraction of sp³-hybridized carbons (Fsp3) is 0.667. The van der Waals surface area contributed by atoms with Crippen LogP contribution in [0.4, 0.5) is 0 Å². The van der Waals surface area contributed by atoms with Crippen LogP contribution < -0.4 is 5.32 Å². The Morgan fingerprint density at radius 2 is 2.29 bits per heavy atom. The molecule has 2 rings (SSSR count). The number of aryl methyl sites for hydroxylation is 1. The Balaban J connectivity index is 1.89. The Labute approximate surface area is 90.5 Å². The lowest BCUT2D eigenvalue weighted by molar-refractivity contribution is 0.473. The molecule has 2 heterocycles. The molecule has 0 radical (unpaired) electrons. The van der Waals surface area contributed by atoms with E-state index in [0.29, 0.717) is 0 Å². The fourth-order valence-corrected chi connectivity index (χ4v) is 3.18. The molecule has 14 heavy (non-hydrogen) atoms. The summed E-state index contributed by atoms with van der Waals surface area (Å²) in [5, 5.41) is 3.47. The predicted molar refractivity (Wildman–Crippen MR) is 63.0 cm³/mol. The summed E-state index contributed by atoms with van der Waals surface area (Å²) in [5.41, 5.74) is 0. The van der Waals surface area contributed by atoms with Gasteiger partial charge >= 0.3 is 0 Å². The Hall–Kier alpha value is -0.340. The van der Waals surface area contributed by atoms with Gasteiger partial charge in [0.05, 0.1) is 0 Å². The first-order valence-corrected chi connectivity index (χ1v) is 6.42. The number of thiophene rings is 1. The molecule has 1 N–H and O–H groups in total. The molecular formula is C12H19NS. The molecule has 0 aromatic carbocycles. The van der Waals surface area contributed by atoms with Crippen molar-refractivity contribution in [3.05, 3.63) is 21.9 Å². The average Bonchev–Trinajstić information content (AvgIpc) is 2.43. The minimum Gasteiger partial charge on any atom is -0.317 e. The Morgan fingerprint density at radius 1 is 1.36 bits per heavy atom. The summed E-state index contributed by atoms with van der Waals surface area (Å²) in [6.45, 7) is 4.64. The molecule has 0 bridgehead atoms. The second-order valence-electron chi connectivity index (χ2n) is 4.26. The summed E-state index contributed by atoms with van der Waals surface area (Å²) in [6.07, 6.45) is 5.43. The van der Waals surface area contributed by atoms with E-state index in [9.17, 15) is 0 Å². The Morgan fingerprint density at radius 3 is 3.07 bits per heavy atom. The predicted octanol–water partition coefficient (Wildman–Crippen LogP) is 2.99. The molecule has 1 atom stereocenters. The molecule has 1 aromatic heterocycles. The van der Waals surface area contributed by atoms with Crippen molar-refractivity contribution in [2.75, 3.05) is 13.1 Å². The standard InChI is InChI=1S/C12H19NS/c1-10-4-5-12(14-10)9-11-3-2-7-13-8-6-11/h4-5,11,13H,2-3,6-9H2,1H3. The molecule has 1 aliphatic rings. The normalized spacial score (nSPS) is 23.4. The fourth-order valence-electron chi connectivity index (χ4n) is 2.17. The summed E-state index contributed by atoms with van der Waals surface area (Å²) in [7, 11) is 0. The van der Waals surface area contributed by atoms with Crippen LogP contribution in [0.1, 0.15) is 29.0 Å². The third-order valence-corrected chi connectivity index (χ3v) is 4.00. The smallest absolute Gasteiger partial charge is 0.00508 e. The number of hydrogen-bond acceptors (Lipinski definition) is 2. The molecule has 0 amide bonds. The van der Waals surface area contributed by atoms with Crippen LogP contribution in [-0.2, 0) is 6.42 Å². The van der Waals surface area contributed by atoms with Crippen LogP contribution in [0.15, 0.2) is 12.1 Å². The number of hydrogen-bond donors (Lipinski definition) is 1. The van der Waals surface area contributed by atoms with Crippen molar-refractivity contribution < 1.29 is 0 Å². The second kappa shape index (κ2) is 4.94. The zero-order chi connectivity index (χ0) is 9.80. The van der Waals surface area contributed by atoms with Gasteiger partial charge in [0.15, 0.2) is 0 Å². The van der Waals surface area contributed by atoms with Crippen LogP contribution in [0.2, 0.25) is 0 Å². The highest BCUT2D eigenvalue weighted by Crippen LogP contribution is 2.23. The first kappa shape index (κ1) is 10.2. The van der Waals surface area contributed by atoms with Crippen LogP contribution >= 0.6 is 11.3 Å². The lowest BCUT2D eigenvalue weighted by Crippen LogP contribution is -2.14. The zero-order valence-electron chi connectivity index (χ0n) is 8.88. The van der Waals surface area contributed by atoms with Crippen LogP contribution in [0, 0.1) is 12.8 Å². The van der Waals surface area contributed by atoms with Crippen molar-refractivity contribution in [3.63, 3.8) is 0 Å². The van der Waals surface area contributed by atoms with Crippen LogP contribution in [-0.4, -0.2) is 13.1 Å². The van der Waals surface area contributed by atoms with Gasteiger partial charge < -0.3 is 5.32 Å². The molecule has 0 spiro atoms. The molecule has 0 aliphatic carbocycles. The quantitative estimate of drug-likeness (QED) is 0.789. The topological polar surface area (TPSA) is 12.0 Å².